The minimum Gasteiger partial charge on any atom is -0.120 e. The van der Waals surface area contributed by atoms with Crippen LogP contribution in [0.2, 0.25) is 0 Å². The third-order valence-corrected chi connectivity index (χ3v) is 3.15. The van der Waals surface area contributed by atoms with E-state index < -0.39 is 0 Å². The van der Waals surface area contributed by atoms with Gasteiger partial charge in [0.2, 0.25) is 0 Å². The van der Waals surface area contributed by atoms with Crippen LogP contribution in [0.4, 0.5) is 0 Å². The van der Waals surface area contributed by atoms with E-state index >= 15 is 0 Å². The minimum absolute atomic E-state index is 0.917. The fourth-order valence-corrected chi connectivity index (χ4v) is 1.92. The molecule has 90 valence electrons. The molecule has 0 radical (unpaired) electrons. The van der Waals surface area contributed by atoms with E-state index in [0.717, 1.165) is 25.7 Å². The summed E-state index contributed by atoms with van der Waals surface area (Å²) in [7, 11) is 0. The predicted molar refractivity (Wildman–Crippen MR) is 76.0 cm³/mol. The molecular formula is C17H22. The van der Waals surface area contributed by atoms with Gasteiger partial charge < -0.3 is 0 Å². The van der Waals surface area contributed by atoms with Gasteiger partial charge in [0, 0.05) is 6.42 Å². The Morgan fingerprint density at radius 3 is 1.82 bits per heavy atom. The number of benzene rings is 1. The van der Waals surface area contributed by atoms with E-state index in [0.29, 0.717) is 0 Å². The average Bonchev–Trinajstić information content (AvgIpc) is 2.32. The van der Waals surface area contributed by atoms with Crippen LogP contribution in [0.3, 0.4) is 0 Å². The molecule has 0 N–H and O–H groups in total. The van der Waals surface area contributed by atoms with E-state index in [9.17, 15) is 0 Å². The zero-order valence-corrected chi connectivity index (χ0v) is 11.2. The molecule has 0 nitrogen and oxygen atoms in total. The summed E-state index contributed by atoms with van der Waals surface area (Å²) in [5.74, 6) is 2.52. The van der Waals surface area contributed by atoms with Gasteiger partial charge in [0.1, 0.15) is 0 Å². The Kier molecular flexibility index (Phi) is 5.57. The van der Waals surface area contributed by atoms with Crippen LogP contribution in [-0.4, -0.2) is 0 Å². The number of unbranched alkanes of at least 4 members (excludes halogenated alkanes) is 1. The minimum atomic E-state index is 0.917. The molecule has 0 bridgehead atoms. The fraction of sp³-hybridized carbons (Fsp3) is 0.412. The van der Waals surface area contributed by atoms with Gasteiger partial charge in [0.15, 0.2) is 0 Å². The average molecular weight is 226 g/mol. The van der Waals surface area contributed by atoms with Gasteiger partial charge in [-0.05, 0) is 44.2 Å². The summed E-state index contributed by atoms with van der Waals surface area (Å²) in [6.45, 7) is 6.55. The Morgan fingerprint density at radius 1 is 1.06 bits per heavy atom. The summed E-state index contributed by atoms with van der Waals surface area (Å²) >= 11 is 0. The number of terminal acetylenes is 1. The van der Waals surface area contributed by atoms with Gasteiger partial charge in [-0.15, -0.1) is 12.3 Å². The molecule has 0 heteroatoms. The second-order valence-corrected chi connectivity index (χ2v) is 4.64. The molecule has 0 unspecified atom stereocenters. The molecule has 0 aliphatic heterocycles. The van der Waals surface area contributed by atoms with Crippen LogP contribution < -0.4 is 0 Å². The third-order valence-electron chi connectivity index (χ3n) is 3.15. The van der Waals surface area contributed by atoms with Crippen molar-refractivity contribution in [3.8, 4) is 12.3 Å². The fourth-order valence-electron chi connectivity index (χ4n) is 1.92. The summed E-state index contributed by atoms with van der Waals surface area (Å²) in [6.07, 6.45) is 9.22. The van der Waals surface area contributed by atoms with E-state index in [2.05, 4.69) is 51.0 Å². The number of hydrogen-bond acceptors (Lipinski definition) is 0. The zero-order chi connectivity index (χ0) is 12.7. The number of fused-ring (bicyclic) bond motifs is 1. The highest BCUT2D eigenvalue weighted by Crippen LogP contribution is 2.24. The lowest BCUT2D eigenvalue weighted by Crippen LogP contribution is -2.04. The first-order chi connectivity index (χ1) is 8.19. The van der Waals surface area contributed by atoms with Crippen LogP contribution in [0.1, 0.15) is 44.7 Å². The highest BCUT2D eigenvalue weighted by molar-refractivity contribution is 5.39. The van der Waals surface area contributed by atoms with E-state index in [1.54, 1.807) is 11.1 Å². The maximum absolute atomic E-state index is 4.89. The van der Waals surface area contributed by atoms with Crippen molar-refractivity contribution in [1.82, 2.24) is 0 Å². The molecule has 0 heterocycles. The third kappa shape index (κ3) is 4.11. The molecule has 1 aromatic rings. The lowest BCUT2D eigenvalue weighted by molar-refractivity contribution is 0.952. The monoisotopic (exact) mass is 226 g/mol. The van der Waals surface area contributed by atoms with E-state index in [-0.39, 0.29) is 0 Å². The molecule has 0 amide bonds. The smallest absolute Gasteiger partial charge is 0.00834 e. The summed E-state index contributed by atoms with van der Waals surface area (Å²) in [5, 5.41) is 0. The lowest BCUT2D eigenvalue weighted by atomic mass is 9.88. The van der Waals surface area contributed by atoms with Crippen molar-refractivity contribution in [1.29, 1.82) is 0 Å². The van der Waals surface area contributed by atoms with Gasteiger partial charge >= 0.3 is 0 Å². The quantitative estimate of drug-likeness (QED) is 0.487. The van der Waals surface area contributed by atoms with Crippen LogP contribution in [0, 0.1) is 12.3 Å². The highest BCUT2D eigenvalue weighted by atomic mass is 14.2. The van der Waals surface area contributed by atoms with Crippen molar-refractivity contribution in [2.24, 2.45) is 0 Å². The number of rotatable bonds is 1. The van der Waals surface area contributed by atoms with Gasteiger partial charge in [-0.1, -0.05) is 42.3 Å². The molecule has 0 aromatic heterocycles. The molecule has 1 aliphatic carbocycles. The molecule has 0 spiro atoms. The second-order valence-electron chi connectivity index (χ2n) is 4.64. The van der Waals surface area contributed by atoms with Gasteiger partial charge in [-0.3, -0.25) is 0 Å². The molecule has 0 atom stereocenters. The van der Waals surface area contributed by atoms with Crippen LogP contribution in [0.5, 0.6) is 0 Å². The Balaban J connectivity index is 0.000000249. The van der Waals surface area contributed by atoms with Crippen molar-refractivity contribution < 1.29 is 0 Å². The SMILES string of the molecule is C#CCCC.CC1=C(C)Cc2ccccc2C1. The first-order valence-corrected chi connectivity index (χ1v) is 6.34. The standard InChI is InChI=1S/C12H14.C5H8/c1-9-7-11-5-3-4-6-12(11)8-10(9)2;1-3-5-4-2/h3-6H,7-8H2,1-2H3;1H,4-5H2,2H3. The first-order valence-electron chi connectivity index (χ1n) is 6.34. The largest absolute Gasteiger partial charge is 0.120 e. The van der Waals surface area contributed by atoms with Crippen LogP contribution in [-0.2, 0) is 12.8 Å². The molecule has 0 saturated carbocycles. The van der Waals surface area contributed by atoms with Crippen LogP contribution in [0.15, 0.2) is 35.4 Å². The van der Waals surface area contributed by atoms with Gasteiger partial charge in [-0.25, -0.2) is 0 Å². The normalized spacial score (nSPS) is 13.3. The Morgan fingerprint density at radius 2 is 1.53 bits per heavy atom. The summed E-state index contributed by atoms with van der Waals surface area (Å²) in [5.41, 5.74) is 6.13. The zero-order valence-electron chi connectivity index (χ0n) is 11.2. The van der Waals surface area contributed by atoms with Crippen molar-refractivity contribution in [2.75, 3.05) is 0 Å². The second kappa shape index (κ2) is 6.97. The van der Waals surface area contributed by atoms with Crippen LogP contribution >= 0.6 is 0 Å². The summed E-state index contributed by atoms with van der Waals surface area (Å²) in [6, 6.07) is 8.75. The van der Waals surface area contributed by atoms with Crippen molar-refractivity contribution in [2.45, 2.75) is 46.5 Å². The molecule has 1 aliphatic rings. The number of hydrogen-bond donors (Lipinski definition) is 0. The summed E-state index contributed by atoms with van der Waals surface area (Å²) in [4.78, 5) is 0. The molecule has 0 fully saturated rings. The Labute approximate surface area is 106 Å². The molecule has 17 heavy (non-hydrogen) atoms. The highest BCUT2D eigenvalue weighted by Gasteiger charge is 2.10. The van der Waals surface area contributed by atoms with E-state index in [4.69, 9.17) is 6.42 Å². The van der Waals surface area contributed by atoms with Gasteiger partial charge in [0.05, 0.1) is 0 Å². The maximum atomic E-state index is 4.89. The lowest BCUT2D eigenvalue weighted by Gasteiger charge is -2.18. The molecular weight excluding hydrogens is 204 g/mol. The molecule has 2 rings (SSSR count). The topological polar surface area (TPSA) is 0 Å². The Bertz CT molecular complexity index is 397. The van der Waals surface area contributed by atoms with Crippen molar-refractivity contribution in [3.63, 3.8) is 0 Å². The summed E-state index contributed by atoms with van der Waals surface area (Å²) < 4.78 is 0. The van der Waals surface area contributed by atoms with E-state index in [1.807, 2.05) is 0 Å². The van der Waals surface area contributed by atoms with E-state index in [1.165, 1.54) is 11.1 Å². The van der Waals surface area contributed by atoms with Crippen molar-refractivity contribution in [3.05, 3.63) is 46.5 Å². The predicted octanol–water partition coefficient (Wildman–Crippen LogP) is 4.54. The Hall–Kier alpha value is -1.48. The van der Waals surface area contributed by atoms with Gasteiger partial charge in [0.25, 0.3) is 0 Å². The molecule has 0 saturated heterocycles. The number of allylic oxidation sites excluding steroid dienone is 2. The maximum Gasteiger partial charge on any atom is 0.00834 e. The first kappa shape index (κ1) is 13.6. The van der Waals surface area contributed by atoms with Gasteiger partial charge in [-0.2, -0.15) is 0 Å². The molecule has 1 aromatic carbocycles. The van der Waals surface area contributed by atoms with Crippen LogP contribution in [0.25, 0.3) is 0 Å². The van der Waals surface area contributed by atoms with Crippen molar-refractivity contribution >= 4 is 0 Å².